The molecule has 1 heterocycles. The Morgan fingerprint density at radius 3 is 2.06 bits per heavy atom. The van der Waals surface area contributed by atoms with Gasteiger partial charge in [-0.2, -0.15) is 0 Å². The van der Waals surface area contributed by atoms with E-state index in [4.69, 9.17) is 9.47 Å². The standard InChI is InChI=1S/C29H53NO5/c1-5-7-9-11-12-13-14-15-16-18-24(34-29(33)26(30-22-31)20-23(3)4)21-27-25(28(32)35-27)19-17-10-8-6-2/h22-27H,5-21H2,1-4H3,(H,30,31)/t24?,25?,26-,27-/m0/s1. The number of esters is 2. The predicted octanol–water partition coefficient (Wildman–Crippen LogP) is 6.88. The summed E-state index contributed by atoms with van der Waals surface area (Å²) in [5.41, 5.74) is 0. The van der Waals surface area contributed by atoms with E-state index in [0.717, 1.165) is 38.5 Å². The monoisotopic (exact) mass is 495 g/mol. The smallest absolute Gasteiger partial charge is 0.328 e. The minimum Gasteiger partial charge on any atom is -0.461 e. The van der Waals surface area contributed by atoms with E-state index < -0.39 is 6.04 Å². The van der Waals surface area contributed by atoms with Crippen LogP contribution in [0.5, 0.6) is 0 Å². The largest absolute Gasteiger partial charge is 0.461 e. The van der Waals surface area contributed by atoms with Gasteiger partial charge in [0.25, 0.3) is 0 Å². The van der Waals surface area contributed by atoms with E-state index >= 15 is 0 Å². The molecule has 0 aromatic heterocycles. The van der Waals surface area contributed by atoms with Crippen LogP contribution in [0, 0.1) is 11.8 Å². The van der Waals surface area contributed by atoms with Gasteiger partial charge >= 0.3 is 11.9 Å². The molecule has 6 heteroatoms. The van der Waals surface area contributed by atoms with E-state index in [-0.39, 0.29) is 36.0 Å². The van der Waals surface area contributed by atoms with Crippen LogP contribution < -0.4 is 5.32 Å². The maximum Gasteiger partial charge on any atom is 0.328 e. The molecule has 2 unspecified atom stereocenters. The summed E-state index contributed by atoms with van der Waals surface area (Å²) in [6.45, 7) is 8.45. The van der Waals surface area contributed by atoms with Crippen LogP contribution in [-0.2, 0) is 23.9 Å². The van der Waals surface area contributed by atoms with Crippen molar-refractivity contribution in [2.24, 2.45) is 11.8 Å². The molecule has 1 fully saturated rings. The maximum atomic E-state index is 12.9. The molecule has 0 radical (unpaired) electrons. The Kier molecular flexibility index (Phi) is 17.6. The number of rotatable bonds is 23. The highest BCUT2D eigenvalue weighted by atomic mass is 16.6. The maximum absolute atomic E-state index is 12.9. The Hall–Kier alpha value is -1.59. The second kappa shape index (κ2) is 19.6. The zero-order valence-corrected chi connectivity index (χ0v) is 23.0. The molecule has 1 amide bonds. The minimum atomic E-state index is -0.632. The van der Waals surface area contributed by atoms with Gasteiger partial charge in [-0.15, -0.1) is 0 Å². The van der Waals surface area contributed by atoms with Crippen LogP contribution in [0.2, 0.25) is 0 Å². The van der Waals surface area contributed by atoms with Gasteiger partial charge in [-0.1, -0.05) is 105 Å². The number of carbonyl (C=O) groups excluding carboxylic acids is 3. The average Bonchev–Trinajstić information content (AvgIpc) is 2.81. The van der Waals surface area contributed by atoms with Gasteiger partial charge in [0.2, 0.25) is 6.41 Å². The Morgan fingerprint density at radius 1 is 0.943 bits per heavy atom. The first-order valence-electron chi connectivity index (χ1n) is 14.5. The molecule has 0 aromatic rings. The lowest BCUT2D eigenvalue weighted by atomic mass is 9.86. The van der Waals surface area contributed by atoms with E-state index in [1.54, 1.807) is 0 Å². The molecule has 1 rings (SSSR count). The quantitative estimate of drug-likeness (QED) is 0.0949. The van der Waals surface area contributed by atoms with Gasteiger partial charge < -0.3 is 14.8 Å². The SMILES string of the molecule is CCCCCCCCCCCC(C[C@@H]1OC(=O)C1CCCCCC)OC(=O)[C@H](CC(C)C)NC=O. The lowest BCUT2D eigenvalue weighted by Gasteiger charge is -2.37. The van der Waals surface area contributed by atoms with E-state index in [9.17, 15) is 14.4 Å². The van der Waals surface area contributed by atoms with Crippen molar-refractivity contribution in [1.82, 2.24) is 5.32 Å². The zero-order chi connectivity index (χ0) is 25.9. The van der Waals surface area contributed by atoms with Crippen LogP contribution >= 0.6 is 0 Å². The number of hydrogen-bond acceptors (Lipinski definition) is 5. The first kappa shape index (κ1) is 31.4. The lowest BCUT2D eigenvalue weighted by Crippen LogP contribution is -2.48. The molecule has 6 nitrogen and oxygen atoms in total. The first-order chi connectivity index (χ1) is 16.9. The normalized spacial score (nSPS) is 19.1. The van der Waals surface area contributed by atoms with Crippen molar-refractivity contribution in [2.75, 3.05) is 0 Å². The molecule has 4 atom stereocenters. The fraction of sp³-hybridized carbons (Fsp3) is 0.897. The average molecular weight is 496 g/mol. The molecule has 0 spiro atoms. The number of nitrogens with one attached hydrogen (secondary N) is 1. The summed E-state index contributed by atoms with van der Waals surface area (Å²) in [5, 5.41) is 2.62. The van der Waals surface area contributed by atoms with Crippen molar-refractivity contribution in [3.63, 3.8) is 0 Å². The fourth-order valence-electron chi connectivity index (χ4n) is 4.90. The van der Waals surface area contributed by atoms with E-state index in [1.165, 1.54) is 57.8 Å². The van der Waals surface area contributed by atoms with Gasteiger partial charge in [0, 0.05) is 6.42 Å². The molecule has 204 valence electrons. The fourth-order valence-corrected chi connectivity index (χ4v) is 4.90. The van der Waals surface area contributed by atoms with E-state index in [2.05, 4.69) is 19.2 Å². The topological polar surface area (TPSA) is 81.7 Å². The van der Waals surface area contributed by atoms with Crippen molar-refractivity contribution in [2.45, 2.75) is 155 Å². The second-order valence-corrected chi connectivity index (χ2v) is 10.8. The first-order valence-corrected chi connectivity index (χ1v) is 14.5. The lowest BCUT2D eigenvalue weighted by molar-refractivity contribution is -0.190. The van der Waals surface area contributed by atoms with Crippen molar-refractivity contribution in [3.8, 4) is 0 Å². The Labute approximate surface area is 214 Å². The minimum absolute atomic E-state index is 0.0734. The van der Waals surface area contributed by atoms with Gasteiger partial charge in [-0.25, -0.2) is 4.79 Å². The van der Waals surface area contributed by atoms with Crippen molar-refractivity contribution < 1.29 is 23.9 Å². The highest BCUT2D eigenvalue weighted by Gasteiger charge is 2.43. The van der Waals surface area contributed by atoms with Crippen LogP contribution in [0.4, 0.5) is 0 Å². The summed E-state index contributed by atoms with van der Waals surface area (Å²) < 4.78 is 11.4. The number of cyclic esters (lactones) is 1. The Balaban J connectivity index is 2.58. The van der Waals surface area contributed by atoms with Crippen LogP contribution in [0.3, 0.4) is 0 Å². The highest BCUT2D eigenvalue weighted by Crippen LogP contribution is 2.32. The molecule has 0 saturated carbocycles. The summed E-state index contributed by atoms with van der Waals surface area (Å²) in [4.78, 5) is 36.0. The molecule has 35 heavy (non-hydrogen) atoms. The molecule has 1 saturated heterocycles. The number of hydrogen-bond donors (Lipinski definition) is 1. The number of unbranched alkanes of at least 4 members (excludes halogenated alkanes) is 11. The van der Waals surface area contributed by atoms with E-state index in [0.29, 0.717) is 19.3 Å². The van der Waals surface area contributed by atoms with Crippen molar-refractivity contribution in [3.05, 3.63) is 0 Å². The summed E-state index contributed by atoms with van der Waals surface area (Å²) in [5.74, 6) is -0.302. The van der Waals surface area contributed by atoms with Gasteiger partial charge in [0.15, 0.2) is 0 Å². The predicted molar refractivity (Wildman–Crippen MR) is 141 cm³/mol. The molecule has 0 aliphatic carbocycles. The Bertz CT molecular complexity index is 579. The summed E-state index contributed by atoms with van der Waals surface area (Å²) in [7, 11) is 0. The third-order valence-corrected chi connectivity index (χ3v) is 7.06. The van der Waals surface area contributed by atoms with Gasteiger partial charge in [0.05, 0.1) is 5.92 Å². The van der Waals surface area contributed by atoms with Crippen LogP contribution in [0.25, 0.3) is 0 Å². The molecule has 0 bridgehead atoms. The third kappa shape index (κ3) is 13.9. The molecule has 1 aliphatic heterocycles. The number of amides is 1. The summed E-state index contributed by atoms with van der Waals surface area (Å²) in [6.07, 6.45) is 18.5. The summed E-state index contributed by atoms with van der Waals surface area (Å²) in [6, 6.07) is -0.632. The molecular formula is C29H53NO5. The number of carbonyl (C=O) groups is 3. The van der Waals surface area contributed by atoms with E-state index in [1.807, 2.05) is 13.8 Å². The van der Waals surface area contributed by atoms with Crippen LogP contribution in [0.15, 0.2) is 0 Å². The van der Waals surface area contributed by atoms with Gasteiger partial charge in [-0.05, 0) is 31.6 Å². The second-order valence-electron chi connectivity index (χ2n) is 10.8. The van der Waals surface area contributed by atoms with Crippen molar-refractivity contribution in [1.29, 1.82) is 0 Å². The van der Waals surface area contributed by atoms with Gasteiger partial charge in [-0.3, -0.25) is 9.59 Å². The molecule has 1 aliphatic rings. The molecule has 1 N–H and O–H groups in total. The van der Waals surface area contributed by atoms with Gasteiger partial charge in [0.1, 0.15) is 18.2 Å². The zero-order valence-electron chi connectivity index (χ0n) is 23.0. The number of ether oxygens (including phenoxy) is 2. The molecular weight excluding hydrogens is 442 g/mol. The highest BCUT2D eigenvalue weighted by molar-refractivity contribution is 5.79. The summed E-state index contributed by atoms with van der Waals surface area (Å²) >= 11 is 0. The van der Waals surface area contributed by atoms with Crippen molar-refractivity contribution >= 4 is 18.3 Å². The van der Waals surface area contributed by atoms with Crippen LogP contribution in [0.1, 0.15) is 137 Å². The van der Waals surface area contributed by atoms with Crippen LogP contribution in [-0.4, -0.2) is 36.6 Å². The molecule has 0 aromatic carbocycles. The third-order valence-electron chi connectivity index (χ3n) is 7.06. The Morgan fingerprint density at radius 2 is 1.51 bits per heavy atom.